The van der Waals surface area contributed by atoms with E-state index in [-0.39, 0.29) is 5.91 Å². The van der Waals surface area contributed by atoms with E-state index >= 15 is 0 Å². The standard InChI is InChI=1S/C9H19NO/c1-7(2)8(3)6-9(11)10(4)5/h7-8H,6H2,1-5H3/t8-/m1/s1. The van der Waals surface area contributed by atoms with Gasteiger partial charge in [-0.15, -0.1) is 0 Å². The number of carbonyl (C=O) groups excluding carboxylic acids is 1. The van der Waals surface area contributed by atoms with E-state index in [2.05, 4.69) is 20.8 Å². The topological polar surface area (TPSA) is 20.3 Å². The second kappa shape index (κ2) is 4.37. The molecule has 66 valence electrons. The van der Waals surface area contributed by atoms with E-state index in [4.69, 9.17) is 0 Å². The molecular formula is C9H19NO. The van der Waals surface area contributed by atoms with Gasteiger partial charge in [-0.3, -0.25) is 4.79 Å². The highest BCUT2D eigenvalue weighted by Gasteiger charge is 2.13. The van der Waals surface area contributed by atoms with Gasteiger partial charge in [0.1, 0.15) is 0 Å². The summed E-state index contributed by atoms with van der Waals surface area (Å²) < 4.78 is 0. The predicted octanol–water partition coefficient (Wildman–Crippen LogP) is 1.76. The Labute approximate surface area is 69.6 Å². The number of nitrogens with zero attached hydrogens (tertiary/aromatic N) is 1. The first-order valence-corrected chi connectivity index (χ1v) is 4.15. The smallest absolute Gasteiger partial charge is 0.222 e. The van der Waals surface area contributed by atoms with Gasteiger partial charge in [-0.25, -0.2) is 0 Å². The SMILES string of the molecule is CC(C)[C@H](C)CC(=O)N(C)C. The van der Waals surface area contributed by atoms with E-state index in [1.165, 1.54) is 0 Å². The summed E-state index contributed by atoms with van der Waals surface area (Å²) in [6, 6.07) is 0. The third kappa shape index (κ3) is 4.02. The fraction of sp³-hybridized carbons (Fsp3) is 0.889. The van der Waals surface area contributed by atoms with Gasteiger partial charge in [-0.1, -0.05) is 20.8 Å². The van der Waals surface area contributed by atoms with Crippen LogP contribution in [0, 0.1) is 11.8 Å². The van der Waals surface area contributed by atoms with E-state index in [0.29, 0.717) is 18.3 Å². The summed E-state index contributed by atoms with van der Waals surface area (Å²) in [6.45, 7) is 6.41. The van der Waals surface area contributed by atoms with Gasteiger partial charge in [0.05, 0.1) is 0 Å². The molecule has 2 heteroatoms. The van der Waals surface area contributed by atoms with Crippen LogP contribution in [-0.4, -0.2) is 24.9 Å². The molecule has 0 fully saturated rings. The summed E-state index contributed by atoms with van der Waals surface area (Å²) in [5.74, 6) is 1.31. The zero-order valence-electron chi connectivity index (χ0n) is 8.22. The van der Waals surface area contributed by atoms with E-state index in [1.807, 2.05) is 0 Å². The second-order valence-electron chi connectivity index (χ2n) is 3.71. The largest absolute Gasteiger partial charge is 0.349 e. The van der Waals surface area contributed by atoms with Crippen LogP contribution in [0.1, 0.15) is 27.2 Å². The van der Waals surface area contributed by atoms with Crippen molar-refractivity contribution < 1.29 is 4.79 Å². The Morgan fingerprint density at radius 1 is 1.27 bits per heavy atom. The summed E-state index contributed by atoms with van der Waals surface area (Å²) in [5.41, 5.74) is 0. The van der Waals surface area contributed by atoms with Crippen LogP contribution < -0.4 is 0 Å². The molecule has 0 heterocycles. The number of amides is 1. The normalized spacial score (nSPS) is 13.3. The Hall–Kier alpha value is -0.530. The summed E-state index contributed by atoms with van der Waals surface area (Å²) in [5, 5.41) is 0. The van der Waals surface area contributed by atoms with Crippen molar-refractivity contribution in [3.05, 3.63) is 0 Å². The van der Waals surface area contributed by atoms with Gasteiger partial charge >= 0.3 is 0 Å². The highest BCUT2D eigenvalue weighted by molar-refractivity contribution is 5.75. The van der Waals surface area contributed by atoms with Crippen molar-refractivity contribution in [3.8, 4) is 0 Å². The summed E-state index contributed by atoms with van der Waals surface area (Å²) >= 11 is 0. The molecule has 0 N–H and O–H groups in total. The maximum atomic E-state index is 11.2. The van der Waals surface area contributed by atoms with E-state index in [1.54, 1.807) is 19.0 Å². The molecule has 0 aromatic rings. The summed E-state index contributed by atoms with van der Waals surface area (Å²) in [4.78, 5) is 12.8. The van der Waals surface area contributed by atoms with Gasteiger partial charge in [0.2, 0.25) is 5.91 Å². The maximum absolute atomic E-state index is 11.2. The minimum absolute atomic E-state index is 0.228. The van der Waals surface area contributed by atoms with Crippen LogP contribution in [-0.2, 0) is 4.79 Å². The summed E-state index contributed by atoms with van der Waals surface area (Å²) in [6.07, 6.45) is 0.671. The molecule has 0 saturated heterocycles. The Bertz CT molecular complexity index is 130. The lowest BCUT2D eigenvalue weighted by atomic mass is 9.94. The molecule has 0 rings (SSSR count). The third-order valence-electron chi connectivity index (χ3n) is 2.13. The van der Waals surface area contributed by atoms with Crippen molar-refractivity contribution in [1.29, 1.82) is 0 Å². The Balaban J connectivity index is 3.76. The maximum Gasteiger partial charge on any atom is 0.222 e. The van der Waals surface area contributed by atoms with Crippen LogP contribution in [0.5, 0.6) is 0 Å². The summed E-state index contributed by atoms with van der Waals surface area (Å²) in [7, 11) is 3.60. The zero-order valence-corrected chi connectivity index (χ0v) is 8.22. The Morgan fingerprint density at radius 2 is 1.73 bits per heavy atom. The fourth-order valence-corrected chi connectivity index (χ4v) is 0.694. The Morgan fingerprint density at radius 3 is 2.00 bits per heavy atom. The van der Waals surface area contributed by atoms with Gasteiger partial charge < -0.3 is 4.90 Å². The number of hydrogen-bond acceptors (Lipinski definition) is 1. The molecule has 0 aromatic heterocycles. The molecule has 0 radical (unpaired) electrons. The fourth-order valence-electron chi connectivity index (χ4n) is 0.694. The zero-order chi connectivity index (χ0) is 9.02. The van der Waals surface area contributed by atoms with Gasteiger partial charge in [0, 0.05) is 20.5 Å². The highest BCUT2D eigenvalue weighted by Crippen LogP contribution is 2.14. The van der Waals surface area contributed by atoms with Crippen LogP contribution in [0.25, 0.3) is 0 Å². The predicted molar refractivity (Wildman–Crippen MR) is 47.3 cm³/mol. The molecule has 0 spiro atoms. The van der Waals surface area contributed by atoms with E-state index in [9.17, 15) is 4.79 Å². The molecule has 2 nitrogen and oxygen atoms in total. The minimum atomic E-state index is 0.228. The first-order chi connectivity index (χ1) is 4.95. The molecule has 0 aromatic carbocycles. The van der Waals surface area contributed by atoms with Crippen LogP contribution in [0.4, 0.5) is 0 Å². The molecule has 0 unspecified atom stereocenters. The van der Waals surface area contributed by atoms with Gasteiger partial charge in [-0.2, -0.15) is 0 Å². The third-order valence-corrected chi connectivity index (χ3v) is 2.13. The second-order valence-corrected chi connectivity index (χ2v) is 3.71. The molecule has 0 aliphatic heterocycles. The molecular weight excluding hydrogens is 138 g/mol. The molecule has 0 bridgehead atoms. The quantitative estimate of drug-likeness (QED) is 0.611. The molecule has 0 aliphatic rings. The molecule has 0 saturated carbocycles. The Kier molecular flexibility index (Phi) is 4.16. The first kappa shape index (κ1) is 10.5. The van der Waals surface area contributed by atoms with Crippen molar-refractivity contribution in [1.82, 2.24) is 4.90 Å². The van der Waals surface area contributed by atoms with Crippen molar-refractivity contribution >= 4 is 5.91 Å². The van der Waals surface area contributed by atoms with Crippen molar-refractivity contribution in [2.75, 3.05) is 14.1 Å². The molecule has 1 amide bonds. The number of carbonyl (C=O) groups is 1. The molecule has 0 aliphatic carbocycles. The van der Waals surface area contributed by atoms with E-state index in [0.717, 1.165) is 0 Å². The van der Waals surface area contributed by atoms with Crippen LogP contribution in [0.2, 0.25) is 0 Å². The van der Waals surface area contributed by atoms with E-state index < -0.39 is 0 Å². The lowest BCUT2D eigenvalue weighted by Crippen LogP contribution is -2.24. The van der Waals surface area contributed by atoms with Crippen LogP contribution in [0.3, 0.4) is 0 Å². The average molecular weight is 157 g/mol. The number of hydrogen-bond donors (Lipinski definition) is 0. The van der Waals surface area contributed by atoms with Crippen molar-refractivity contribution in [2.24, 2.45) is 11.8 Å². The lowest BCUT2D eigenvalue weighted by Gasteiger charge is -2.17. The van der Waals surface area contributed by atoms with Crippen LogP contribution in [0.15, 0.2) is 0 Å². The van der Waals surface area contributed by atoms with Gasteiger partial charge in [0.25, 0.3) is 0 Å². The number of rotatable bonds is 3. The van der Waals surface area contributed by atoms with Gasteiger partial charge in [-0.05, 0) is 11.8 Å². The average Bonchev–Trinajstić information content (AvgIpc) is 1.87. The monoisotopic (exact) mass is 157 g/mol. The molecule has 1 atom stereocenters. The van der Waals surface area contributed by atoms with Crippen molar-refractivity contribution in [3.63, 3.8) is 0 Å². The first-order valence-electron chi connectivity index (χ1n) is 4.15. The van der Waals surface area contributed by atoms with Gasteiger partial charge in [0.15, 0.2) is 0 Å². The lowest BCUT2D eigenvalue weighted by molar-refractivity contribution is -0.129. The highest BCUT2D eigenvalue weighted by atomic mass is 16.2. The minimum Gasteiger partial charge on any atom is -0.349 e. The van der Waals surface area contributed by atoms with Crippen LogP contribution >= 0.6 is 0 Å². The van der Waals surface area contributed by atoms with Crippen molar-refractivity contribution in [2.45, 2.75) is 27.2 Å². The molecule has 11 heavy (non-hydrogen) atoms.